The van der Waals surface area contributed by atoms with Crippen molar-refractivity contribution in [3.63, 3.8) is 0 Å². The molecule has 0 saturated carbocycles. The van der Waals surface area contributed by atoms with E-state index >= 15 is 0 Å². The zero-order valence-electron chi connectivity index (χ0n) is 22.5. The minimum absolute atomic E-state index is 0.0275. The van der Waals surface area contributed by atoms with Gasteiger partial charge in [-0.05, 0) is 47.7 Å². The monoisotopic (exact) mass is 555 g/mol. The highest BCUT2D eigenvalue weighted by molar-refractivity contribution is 5.98. The molecule has 0 aliphatic carbocycles. The first-order chi connectivity index (χ1) is 19.0. The number of nitrogens with one attached hydrogen (secondary N) is 1. The van der Waals surface area contributed by atoms with Crippen molar-refractivity contribution >= 4 is 23.0 Å². The number of rotatable bonds is 9. The number of fused-ring (bicyclic) bond motifs is 1. The summed E-state index contributed by atoms with van der Waals surface area (Å²) < 4.78 is 20.0. The molecule has 3 aromatic rings. The number of nitrogens with zero attached hydrogens (tertiary/aromatic N) is 3. The van der Waals surface area contributed by atoms with E-state index in [1.165, 1.54) is 16.7 Å². The first-order valence-corrected chi connectivity index (χ1v) is 13.0. The van der Waals surface area contributed by atoms with E-state index < -0.39 is 23.2 Å². The van der Waals surface area contributed by atoms with Gasteiger partial charge in [0.1, 0.15) is 11.4 Å². The normalized spacial score (nSPS) is 14.1. The van der Waals surface area contributed by atoms with Crippen molar-refractivity contribution < 1.29 is 28.9 Å². The van der Waals surface area contributed by atoms with E-state index in [9.17, 15) is 29.0 Å². The average molecular weight is 556 g/mol. The number of primary amides is 1. The number of morpholine rings is 1. The number of aliphatic hydroxyl groups is 2. The molecular formula is C28H34FN5O6. The minimum Gasteiger partial charge on any atom is -0.378 e. The topological polar surface area (TPSA) is 160 Å². The molecule has 0 radical (unpaired) electrons. The molecule has 3 amide bonds. The van der Waals surface area contributed by atoms with E-state index in [1.807, 2.05) is 0 Å². The Morgan fingerprint density at radius 3 is 2.48 bits per heavy atom. The van der Waals surface area contributed by atoms with Gasteiger partial charge in [0.25, 0.3) is 11.5 Å². The van der Waals surface area contributed by atoms with E-state index in [-0.39, 0.29) is 42.5 Å². The molecule has 12 heteroatoms. The molecule has 11 nitrogen and oxygen atoms in total. The summed E-state index contributed by atoms with van der Waals surface area (Å²) in [6.45, 7) is 5.10. The molecule has 0 unspecified atom stereocenters. The van der Waals surface area contributed by atoms with E-state index in [0.29, 0.717) is 43.8 Å². The fourth-order valence-corrected chi connectivity index (χ4v) is 4.71. The molecule has 4 rings (SSSR count). The summed E-state index contributed by atoms with van der Waals surface area (Å²) in [7, 11) is 0. The van der Waals surface area contributed by atoms with Crippen LogP contribution in [0.1, 0.15) is 40.9 Å². The van der Waals surface area contributed by atoms with Gasteiger partial charge < -0.3 is 35.5 Å². The van der Waals surface area contributed by atoms with Crippen LogP contribution >= 0.6 is 0 Å². The van der Waals surface area contributed by atoms with Crippen molar-refractivity contribution in [3.05, 3.63) is 75.0 Å². The number of carbonyl (C=O) groups is 2. The highest BCUT2D eigenvalue weighted by atomic mass is 19.1. The van der Waals surface area contributed by atoms with Crippen molar-refractivity contribution in [2.45, 2.75) is 39.5 Å². The molecule has 1 aliphatic rings. The maximum atomic E-state index is 13.7. The van der Waals surface area contributed by atoms with Crippen LogP contribution in [0.5, 0.6) is 0 Å². The van der Waals surface area contributed by atoms with Gasteiger partial charge in [0.2, 0.25) is 0 Å². The fraction of sp³-hybridized carbons (Fsp3) is 0.429. The Morgan fingerprint density at radius 2 is 1.85 bits per heavy atom. The van der Waals surface area contributed by atoms with Gasteiger partial charge in [-0.25, -0.2) is 9.18 Å². The zero-order chi connectivity index (χ0) is 29.0. The van der Waals surface area contributed by atoms with Gasteiger partial charge in [-0.1, -0.05) is 26.0 Å². The molecule has 1 aromatic carbocycles. The number of carbonyl (C=O) groups excluding carboxylic acids is 2. The van der Waals surface area contributed by atoms with Gasteiger partial charge in [-0.3, -0.25) is 14.6 Å². The van der Waals surface area contributed by atoms with Crippen LogP contribution in [0.2, 0.25) is 0 Å². The number of nitrogens with two attached hydrogens (primary N) is 1. The highest BCUT2D eigenvalue weighted by Gasteiger charge is 2.32. The van der Waals surface area contributed by atoms with Crippen LogP contribution in [0.3, 0.4) is 0 Å². The van der Waals surface area contributed by atoms with Gasteiger partial charge in [0.15, 0.2) is 6.29 Å². The molecule has 0 bridgehead atoms. The maximum absolute atomic E-state index is 13.7. The highest BCUT2D eigenvalue weighted by Crippen LogP contribution is 2.30. The number of hydrogen-bond acceptors (Lipinski definition) is 7. The van der Waals surface area contributed by atoms with E-state index in [2.05, 4.69) is 10.3 Å². The first kappa shape index (κ1) is 29.1. The van der Waals surface area contributed by atoms with Crippen molar-refractivity contribution in [1.82, 2.24) is 19.8 Å². The lowest BCUT2D eigenvalue weighted by Crippen LogP contribution is -2.47. The largest absolute Gasteiger partial charge is 0.378 e. The van der Waals surface area contributed by atoms with Crippen molar-refractivity contribution in [3.8, 4) is 0 Å². The second kappa shape index (κ2) is 12.1. The maximum Gasteiger partial charge on any atom is 0.317 e. The molecule has 40 heavy (non-hydrogen) atoms. The SMILES string of the molecule is CC(C)(Cc1c(C(N)=O)c(=O)n(CCNC(=O)N2CCOCC2)c2cc(Cc3ccc(F)cc3)cnc12)C(O)O. The molecule has 0 spiro atoms. The lowest BCUT2D eigenvalue weighted by atomic mass is 9.83. The minimum atomic E-state index is -1.74. The average Bonchev–Trinajstić information content (AvgIpc) is 2.91. The predicted molar refractivity (Wildman–Crippen MR) is 145 cm³/mol. The van der Waals surface area contributed by atoms with E-state index in [1.54, 1.807) is 43.1 Å². The van der Waals surface area contributed by atoms with Crippen LogP contribution in [-0.2, 0) is 24.1 Å². The summed E-state index contributed by atoms with van der Waals surface area (Å²) in [5, 5.41) is 22.7. The number of hydrogen-bond donors (Lipinski definition) is 4. The Labute approximate surface area is 230 Å². The van der Waals surface area contributed by atoms with Gasteiger partial charge in [-0.15, -0.1) is 0 Å². The van der Waals surface area contributed by atoms with Crippen molar-refractivity contribution in [2.75, 3.05) is 32.8 Å². The number of ether oxygens (including phenoxy) is 1. The van der Waals surface area contributed by atoms with Crippen molar-refractivity contribution in [1.29, 1.82) is 0 Å². The van der Waals surface area contributed by atoms with Gasteiger partial charge in [0, 0.05) is 37.8 Å². The third-order valence-electron chi connectivity index (χ3n) is 7.07. The Bertz CT molecular complexity index is 1450. The number of aliphatic hydroxyl groups excluding tert-OH is 1. The van der Waals surface area contributed by atoms with Crippen molar-refractivity contribution in [2.24, 2.45) is 11.1 Å². The van der Waals surface area contributed by atoms with Crippen LogP contribution in [0.25, 0.3) is 11.0 Å². The van der Waals surface area contributed by atoms with Crippen LogP contribution in [0, 0.1) is 11.2 Å². The number of pyridine rings is 2. The lowest BCUT2D eigenvalue weighted by molar-refractivity contribution is -0.120. The van der Waals surface area contributed by atoms with Crippen LogP contribution in [0.4, 0.5) is 9.18 Å². The molecule has 214 valence electrons. The Morgan fingerprint density at radius 1 is 1.18 bits per heavy atom. The fourth-order valence-electron chi connectivity index (χ4n) is 4.71. The van der Waals surface area contributed by atoms with Crippen LogP contribution < -0.4 is 16.6 Å². The van der Waals surface area contributed by atoms with Crippen LogP contribution in [0.15, 0.2) is 41.3 Å². The number of benzene rings is 1. The Kier molecular flexibility index (Phi) is 8.82. The number of halogens is 1. The van der Waals surface area contributed by atoms with E-state index in [0.717, 1.165) is 11.1 Å². The summed E-state index contributed by atoms with van der Waals surface area (Å²) in [5.41, 5.74) is 6.05. The molecule has 1 saturated heterocycles. The third-order valence-corrected chi connectivity index (χ3v) is 7.07. The Balaban J connectivity index is 1.77. The second-order valence-corrected chi connectivity index (χ2v) is 10.6. The van der Waals surface area contributed by atoms with Crippen LogP contribution in [-0.4, -0.2) is 75.7 Å². The summed E-state index contributed by atoms with van der Waals surface area (Å²) in [6.07, 6.45) is 0.197. The standard InChI is InChI=1S/C28H34FN5O6/c1-28(2,26(37)38)15-20-22(24(30)35)25(36)34(8-7-31-27(39)33-9-11-40-12-10-33)21-14-18(16-32-23(20)21)13-17-3-5-19(29)6-4-17/h3-6,14,16,26,37-38H,7-13,15H2,1-2H3,(H2,30,35)(H,31,39). The second-order valence-electron chi connectivity index (χ2n) is 10.6. The third kappa shape index (κ3) is 6.46. The summed E-state index contributed by atoms with van der Waals surface area (Å²) in [6, 6.07) is 7.49. The van der Waals surface area contributed by atoms with Gasteiger partial charge in [-0.2, -0.15) is 0 Å². The van der Waals surface area contributed by atoms with Gasteiger partial charge in [0.05, 0.1) is 24.2 Å². The summed E-state index contributed by atoms with van der Waals surface area (Å²) in [4.78, 5) is 45.1. The lowest BCUT2D eigenvalue weighted by Gasteiger charge is -2.28. The molecule has 2 aromatic heterocycles. The zero-order valence-corrected chi connectivity index (χ0v) is 22.5. The Hall–Kier alpha value is -3.87. The number of amides is 3. The number of urea groups is 1. The quantitative estimate of drug-likeness (QED) is 0.288. The van der Waals surface area contributed by atoms with Gasteiger partial charge >= 0.3 is 6.03 Å². The number of aromatic nitrogens is 2. The first-order valence-electron chi connectivity index (χ1n) is 13.0. The predicted octanol–water partition coefficient (Wildman–Crippen LogP) is 1.15. The smallest absolute Gasteiger partial charge is 0.317 e. The molecule has 1 aliphatic heterocycles. The molecule has 5 N–H and O–H groups in total. The molecular weight excluding hydrogens is 521 g/mol. The van der Waals surface area contributed by atoms with E-state index in [4.69, 9.17) is 10.5 Å². The summed E-state index contributed by atoms with van der Waals surface area (Å²) >= 11 is 0. The summed E-state index contributed by atoms with van der Waals surface area (Å²) in [5.74, 6) is -1.32. The molecule has 1 fully saturated rings. The molecule has 3 heterocycles. The molecule has 0 atom stereocenters.